The summed E-state index contributed by atoms with van der Waals surface area (Å²) in [6, 6.07) is 12.1. The zero-order chi connectivity index (χ0) is 22.5. The van der Waals surface area contributed by atoms with Crippen LogP contribution in [-0.2, 0) is 20.9 Å². The van der Waals surface area contributed by atoms with Gasteiger partial charge in [0.1, 0.15) is 12.0 Å². The fraction of sp³-hybridized carbons (Fsp3) is 0.318. The van der Waals surface area contributed by atoms with Gasteiger partial charge in [0, 0.05) is 18.7 Å². The maximum absolute atomic E-state index is 12.9. The molecule has 1 fully saturated rings. The first-order valence-electron chi connectivity index (χ1n) is 10.1. The second-order valence-electron chi connectivity index (χ2n) is 7.13. The highest BCUT2D eigenvalue weighted by Gasteiger charge is 2.32. The highest BCUT2D eigenvalue weighted by molar-refractivity contribution is 6.35. The van der Waals surface area contributed by atoms with Gasteiger partial charge in [0.05, 0.1) is 20.3 Å². The number of methoxy groups -OCH3 is 1. The number of nitrogens with one attached hydrogen (secondary N) is 2. The molecule has 0 aromatic heterocycles. The Labute approximate surface area is 184 Å². The minimum atomic E-state index is -0.801. The van der Waals surface area contributed by atoms with Crippen LogP contribution >= 0.6 is 0 Å². The first-order chi connectivity index (χ1) is 15.5. The maximum atomic E-state index is 12.9. The minimum Gasteiger partial charge on any atom is -0.497 e. The molecule has 2 N–H and O–H groups in total. The molecule has 10 heteroatoms. The van der Waals surface area contributed by atoms with Crippen molar-refractivity contribution in [3.05, 3.63) is 53.6 Å². The molecule has 0 saturated carbocycles. The fourth-order valence-electron chi connectivity index (χ4n) is 3.38. The van der Waals surface area contributed by atoms with Crippen LogP contribution < -0.4 is 24.8 Å². The van der Waals surface area contributed by atoms with Crippen molar-refractivity contribution in [1.29, 1.82) is 0 Å². The van der Waals surface area contributed by atoms with Crippen molar-refractivity contribution in [3.8, 4) is 17.2 Å². The summed E-state index contributed by atoms with van der Waals surface area (Å²) in [5.41, 5.74) is 1.25. The molecule has 2 aromatic rings. The molecule has 0 unspecified atom stereocenters. The van der Waals surface area contributed by atoms with Gasteiger partial charge >= 0.3 is 11.8 Å². The smallest absolute Gasteiger partial charge is 0.309 e. The molecule has 1 atom stereocenters. The van der Waals surface area contributed by atoms with Gasteiger partial charge in [0.25, 0.3) is 5.91 Å². The standard InChI is InChI=1S/C22H23N3O7/c1-29-16-5-2-14(3-6-16)11-23-20(26)21(27)24-12-19-25(8-9-30-19)22(28)15-4-7-17-18(10-15)32-13-31-17/h2-7,10,19H,8-9,11-13H2,1H3,(H,23,26)(H,24,27)/t19-/m0/s1. The van der Waals surface area contributed by atoms with Crippen LogP contribution in [0.25, 0.3) is 0 Å². The second-order valence-corrected chi connectivity index (χ2v) is 7.13. The number of carbonyl (C=O) groups is 3. The quantitative estimate of drug-likeness (QED) is 0.633. The Morgan fingerprint density at radius 2 is 1.78 bits per heavy atom. The van der Waals surface area contributed by atoms with Crippen LogP contribution in [0.5, 0.6) is 17.2 Å². The first kappa shape index (κ1) is 21.4. The van der Waals surface area contributed by atoms with E-state index in [1.165, 1.54) is 4.90 Å². The zero-order valence-electron chi connectivity index (χ0n) is 17.5. The summed E-state index contributed by atoms with van der Waals surface area (Å²) in [6.45, 7) is 1.02. The number of rotatable bonds is 6. The van der Waals surface area contributed by atoms with Crippen LogP contribution in [0.4, 0.5) is 0 Å². The van der Waals surface area contributed by atoms with Crippen molar-refractivity contribution < 1.29 is 33.3 Å². The van der Waals surface area contributed by atoms with Crippen molar-refractivity contribution in [2.45, 2.75) is 12.8 Å². The summed E-state index contributed by atoms with van der Waals surface area (Å²) in [5.74, 6) is -0.0340. The normalized spacial score (nSPS) is 16.5. The van der Waals surface area contributed by atoms with Gasteiger partial charge in [-0.2, -0.15) is 0 Å². The summed E-state index contributed by atoms with van der Waals surface area (Å²) in [4.78, 5) is 38.7. The summed E-state index contributed by atoms with van der Waals surface area (Å²) >= 11 is 0. The molecule has 0 aliphatic carbocycles. The van der Waals surface area contributed by atoms with E-state index in [-0.39, 0.29) is 25.8 Å². The predicted molar refractivity (Wildman–Crippen MR) is 111 cm³/mol. The summed E-state index contributed by atoms with van der Waals surface area (Å²) in [7, 11) is 1.57. The number of carbonyl (C=O) groups excluding carboxylic acids is 3. The van der Waals surface area contributed by atoms with Crippen molar-refractivity contribution >= 4 is 17.7 Å². The van der Waals surface area contributed by atoms with Crippen LogP contribution in [0, 0.1) is 0 Å². The highest BCUT2D eigenvalue weighted by Crippen LogP contribution is 2.33. The average Bonchev–Trinajstić information content (AvgIpc) is 3.49. The van der Waals surface area contributed by atoms with Crippen molar-refractivity contribution in [2.24, 2.45) is 0 Å². The van der Waals surface area contributed by atoms with Gasteiger partial charge in [0.15, 0.2) is 11.5 Å². The Morgan fingerprint density at radius 1 is 1.03 bits per heavy atom. The molecule has 2 aliphatic heterocycles. The zero-order valence-corrected chi connectivity index (χ0v) is 17.5. The fourth-order valence-corrected chi connectivity index (χ4v) is 3.38. The molecule has 2 heterocycles. The monoisotopic (exact) mass is 441 g/mol. The number of benzene rings is 2. The van der Waals surface area contributed by atoms with E-state index in [1.54, 1.807) is 49.6 Å². The molecule has 2 aromatic carbocycles. The van der Waals surface area contributed by atoms with Crippen molar-refractivity contribution in [2.75, 3.05) is 33.6 Å². The van der Waals surface area contributed by atoms with Crippen LogP contribution in [0.3, 0.4) is 0 Å². The molecule has 2 aliphatic rings. The summed E-state index contributed by atoms with van der Waals surface area (Å²) < 4.78 is 21.2. The van der Waals surface area contributed by atoms with Crippen molar-refractivity contribution in [3.63, 3.8) is 0 Å². The molecule has 1 saturated heterocycles. The second kappa shape index (κ2) is 9.56. The number of amides is 3. The lowest BCUT2D eigenvalue weighted by molar-refractivity contribution is -0.139. The van der Waals surface area contributed by atoms with Gasteiger partial charge in [0.2, 0.25) is 6.79 Å². The predicted octanol–water partition coefficient (Wildman–Crippen LogP) is 0.655. The number of fused-ring (bicyclic) bond motifs is 1. The Morgan fingerprint density at radius 3 is 2.56 bits per heavy atom. The highest BCUT2D eigenvalue weighted by atomic mass is 16.7. The lowest BCUT2D eigenvalue weighted by atomic mass is 10.1. The SMILES string of the molecule is COc1ccc(CNC(=O)C(=O)NC[C@@H]2OCCN2C(=O)c2ccc3c(c2)OCO3)cc1. The van der Waals surface area contributed by atoms with E-state index in [1.807, 2.05) is 0 Å². The van der Waals surface area contributed by atoms with Gasteiger partial charge in [-0.3, -0.25) is 14.4 Å². The molecule has 168 valence electrons. The molecular weight excluding hydrogens is 418 g/mol. The van der Waals surface area contributed by atoms with E-state index in [2.05, 4.69) is 10.6 Å². The third-order valence-electron chi connectivity index (χ3n) is 5.13. The molecule has 10 nitrogen and oxygen atoms in total. The van der Waals surface area contributed by atoms with E-state index < -0.39 is 18.0 Å². The van der Waals surface area contributed by atoms with Gasteiger partial charge < -0.3 is 34.5 Å². The summed E-state index contributed by atoms with van der Waals surface area (Å²) in [6.07, 6.45) is -0.675. The van der Waals surface area contributed by atoms with Crippen molar-refractivity contribution in [1.82, 2.24) is 15.5 Å². The Bertz CT molecular complexity index is 1010. The topological polar surface area (TPSA) is 115 Å². The van der Waals surface area contributed by atoms with E-state index >= 15 is 0 Å². The molecule has 4 rings (SSSR count). The first-order valence-corrected chi connectivity index (χ1v) is 10.1. The largest absolute Gasteiger partial charge is 0.497 e. The van der Waals surface area contributed by atoms with Gasteiger partial charge in [-0.25, -0.2) is 0 Å². The van der Waals surface area contributed by atoms with Crippen LogP contribution in [-0.4, -0.2) is 62.4 Å². The Kier molecular flexibility index (Phi) is 6.41. The lowest BCUT2D eigenvalue weighted by Crippen LogP contribution is -2.47. The third kappa shape index (κ3) is 4.75. The maximum Gasteiger partial charge on any atom is 0.309 e. The number of hydrogen-bond acceptors (Lipinski definition) is 7. The number of hydrogen-bond donors (Lipinski definition) is 2. The average molecular weight is 441 g/mol. The molecule has 3 amide bonds. The Balaban J connectivity index is 1.27. The lowest BCUT2D eigenvalue weighted by Gasteiger charge is -2.23. The van der Waals surface area contributed by atoms with Crippen LogP contribution in [0.2, 0.25) is 0 Å². The molecule has 0 radical (unpaired) electrons. The minimum absolute atomic E-state index is 0.00885. The number of nitrogens with zero attached hydrogens (tertiary/aromatic N) is 1. The van der Waals surface area contributed by atoms with Crippen LogP contribution in [0.15, 0.2) is 42.5 Å². The third-order valence-corrected chi connectivity index (χ3v) is 5.13. The molecule has 32 heavy (non-hydrogen) atoms. The van der Waals surface area contributed by atoms with Crippen LogP contribution in [0.1, 0.15) is 15.9 Å². The van der Waals surface area contributed by atoms with E-state index in [9.17, 15) is 14.4 Å². The molecule has 0 spiro atoms. The van der Waals surface area contributed by atoms with Gasteiger partial charge in [-0.05, 0) is 35.9 Å². The van der Waals surface area contributed by atoms with E-state index in [4.69, 9.17) is 18.9 Å². The van der Waals surface area contributed by atoms with E-state index in [0.29, 0.717) is 36.0 Å². The molecule has 0 bridgehead atoms. The summed E-state index contributed by atoms with van der Waals surface area (Å²) in [5, 5.41) is 5.08. The Hall–Kier alpha value is -3.79. The van der Waals surface area contributed by atoms with Gasteiger partial charge in [-0.15, -0.1) is 0 Å². The van der Waals surface area contributed by atoms with Gasteiger partial charge in [-0.1, -0.05) is 12.1 Å². The van der Waals surface area contributed by atoms with E-state index in [0.717, 1.165) is 5.56 Å². The molecular formula is C22H23N3O7. The number of ether oxygens (including phenoxy) is 4.